The Kier molecular flexibility index (Phi) is 5.44. The van der Waals surface area contributed by atoms with Crippen LogP contribution in [0.4, 0.5) is 0 Å². The van der Waals surface area contributed by atoms with Gasteiger partial charge in [0.25, 0.3) is 5.91 Å². The smallest absolute Gasteiger partial charge is 0.270 e. The minimum absolute atomic E-state index is 0.0456. The first-order chi connectivity index (χ1) is 12.1. The monoisotopic (exact) mass is 348 g/mol. The zero-order valence-electron chi connectivity index (χ0n) is 15.2. The third kappa shape index (κ3) is 3.72. The molecule has 0 bridgehead atoms. The number of aromatic amines is 1. The van der Waals surface area contributed by atoms with Crippen molar-refractivity contribution in [2.75, 3.05) is 53.5 Å². The molecule has 1 spiro atoms. The molecule has 1 aromatic heterocycles. The number of nitrogens with zero attached hydrogens (tertiary/aromatic N) is 3. The molecule has 0 aromatic carbocycles. The predicted molar refractivity (Wildman–Crippen MR) is 94.4 cm³/mol. The average Bonchev–Trinajstić information content (AvgIpc) is 3.10. The standard InChI is InChI=1S/C18H28N4O3/c1-20-10-11-22(17(24)15-4-3-8-19-15)14-18(20)6-5-16(23)21(9-7-18)12-13-25-2/h3-4,8,19H,5-7,9-14H2,1-2H3/t18-/m0/s1. The van der Waals surface area contributed by atoms with Gasteiger partial charge in [-0.25, -0.2) is 0 Å². The molecule has 2 saturated heterocycles. The number of likely N-dealkylation sites (tertiary alicyclic amines) is 1. The molecule has 7 nitrogen and oxygen atoms in total. The van der Waals surface area contributed by atoms with E-state index in [4.69, 9.17) is 4.74 Å². The molecule has 1 atom stereocenters. The van der Waals surface area contributed by atoms with Crippen molar-refractivity contribution in [2.24, 2.45) is 0 Å². The van der Waals surface area contributed by atoms with Gasteiger partial charge in [0.05, 0.1) is 6.61 Å². The maximum absolute atomic E-state index is 12.7. The van der Waals surface area contributed by atoms with E-state index in [0.717, 1.165) is 32.5 Å². The fourth-order valence-corrected chi connectivity index (χ4v) is 3.94. The van der Waals surface area contributed by atoms with Crippen molar-refractivity contribution in [3.63, 3.8) is 0 Å². The van der Waals surface area contributed by atoms with Gasteiger partial charge < -0.3 is 19.5 Å². The molecular weight excluding hydrogens is 320 g/mol. The van der Waals surface area contributed by atoms with Crippen LogP contribution in [-0.4, -0.2) is 90.5 Å². The Morgan fingerprint density at radius 3 is 2.88 bits per heavy atom. The van der Waals surface area contributed by atoms with Crippen LogP contribution in [0.5, 0.6) is 0 Å². The molecule has 0 radical (unpaired) electrons. The highest BCUT2D eigenvalue weighted by Gasteiger charge is 2.43. The summed E-state index contributed by atoms with van der Waals surface area (Å²) in [6.45, 7) is 4.15. The number of carbonyl (C=O) groups is 2. The highest BCUT2D eigenvalue weighted by atomic mass is 16.5. The Labute approximate surface area is 148 Å². The topological polar surface area (TPSA) is 68.9 Å². The average molecular weight is 348 g/mol. The number of carbonyl (C=O) groups excluding carboxylic acids is 2. The summed E-state index contributed by atoms with van der Waals surface area (Å²) in [6.07, 6.45) is 3.98. The molecule has 3 heterocycles. The maximum Gasteiger partial charge on any atom is 0.270 e. The SMILES string of the molecule is COCCN1CC[C@@]2(CCC1=O)CN(C(=O)c1ccc[nH]1)CCN2C. The third-order valence-corrected chi connectivity index (χ3v) is 5.69. The molecule has 2 aliphatic rings. The van der Waals surface area contributed by atoms with E-state index in [1.165, 1.54) is 0 Å². The fraction of sp³-hybridized carbons (Fsp3) is 0.667. The molecule has 1 N–H and O–H groups in total. The summed E-state index contributed by atoms with van der Waals surface area (Å²) in [6, 6.07) is 3.66. The van der Waals surface area contributed by atoms with Crippen LogP contribution in [-0.2, 0) is 9.53 Å². The molecule has 0 aliphatic carbocycles. The van der Waals surface area contributed by atoms with Crippen molar-refractivity contribution in [1.82, 2.24) is 19.7 Å². The Morgan fingerprint density at radius 1 is 1.32 bits per heavy atom. The lowest BCUT2D eigenvalue weighted by Gasteiger charge is -2.49. The molecule has 7 heteroatoms. The molecule has 3 rings (SSSR count). The first kappa shape index (κ1) is 17.9. The highest BCUT2D eigenvalue weighted by Crippen LogP contribution is 2.32. The van der Waals surface area contributed by atoms with Crippen LogP contribution in [0.25, 0.3) is 0 Å². The van der Waals surface area contributed by atoms with Crippen LogP contribution in [0.2, 0.25) is 0 Å². The number of ether oxygens (including phenoxy) is 1. The van der Waals surface area contributed by atoms with Gasteiger partial charge in [0, 0.05) is 58.0 Å². The molecular formula is C18H28N4O3. The summed E-state index contributed by atoms with van der Waals surface area (Å²) in [4.78, 5) is 34.3. The third-order valence-electron chi connectivity index (χ3n) is 5.69. The first-order valence-electron chi connectivity index (χ1n) is 8.96. The zero-order chi connectivity index (χ0) is 17.9. The lowest BCUT2D eigenvalue weighted by atomic mass is 9.86. The molecule has 2 aliphatic heterocycles. The molecule has 138 valence electrons. The summed E-state index contributed by atoms with van der Waals surface area (Å²) >= 11 is 0. The summed E-state index contributed by atoms with van der Waals surface area (Å²) < 4.78 is 5.12. The van der Waals surface area contributed by atoms with E-state index < -0.39 is 0 Å². The van der Waals surface area contributed by atoms with Gasteiger partial charge in [0.2, 0.25) is 5.91 Å². The second-order valence-electron chi connectivity index (χ2n) is 7.08. The Morgan fingerprint density at radius 2 is 2.16 bits per heavy atom. The van der Waals surface area contributed by atoms with E-state index in [2.05, 4.69) is 16.9 Å². The van der Waals surface area contributed by atoms with Crippen molar-refractivity contribution >= 4 is 11.8 Å². The van der Waals surface area contributed by atoms with Gasteiger partial charge in [0.15, 0.2) is 0 Å². The molecule has 0 saturated carbocycles. The fourth-order valence-electron chi connectivity index (χ4n) is 3.94. The lowest BCUT2D eigenvalue weighted by Crippen LogP contribution is -2.62. The van der Waals surface area contributed by atoms with Gasteiger partial charge in [-0.15, -0.1) is 0 Å². The normalized spacial score (nSPS) is 25.4. The van der Waals surface area contributed by atoms with Crippen LogP contribution in [0.1, 0.15) is 29.8 Å². The highest BCUT2D eigenvalue weighted by molar-refractivity contribution is 5.92. The predicted octanol–water partition coefficient (Wildman–Crippen LogP) is 0.800. The van der Waals surface area contributed by atoms with Crippen molar-refractivity contribution in [2.45, 2.75) is 24.8 Å². The Bertz CT molecular complexity index is 603. The number of hydrogen-bond acceptors (Lipinski definition) is 4. The molecule has 2 fully saturated rings. The quantitative estimate of drug-likeness (QED) is 0.874. The number of hydrogen-bond donors (Lipinski definition) is 1. The number of nitrogens with one attached hydrogen (secondary N) is 1. The summed E-state index contributed by atoms with van der Waals surface area (Å²) in [7, 11) is 3.77. The van der Waals surface area contributed by atoms with E-state index in [9.17, 15) is 9.59 Å². The number of aromatic nitrogens is 1. The van der Waals surface area contributed by atoms with Crippen LogP contribution in [0.15, 0.2) is 18.3 Å². The molecule has 25 heavy (non-hydrogen) atoms. The van der Waals surface area contributed by atoms with Crippen LogP contribution >= 0.6 is 0 Å². The van der Waals surface area contributed by atoms with Crippen molar-refractivity contribution in [3.8, 4) is 0 Å². The van der Waals surface area contributed by atoms with Crippen LogP contribution in [0, 0.1) is 0 Å². The van der Waals surface area contributed by atoms with Gasteiger partial charge in [-0.3, -0.25) is 14.5 Å². The summed E-state index contributed by atoms with van der Waals surface area (Å²) in [5, 5.41) is 0. The van der Waals surface area contributed by atoms with Crippen molar-refractivity contribution in [1.29, 1.82) is 0 Å². The van der Waals surface area contributed by atoms with E-state index in [-0.39, 0.29) is 17.4 Å². The van der Waals surface area contributed by atoms with E-state index in [1.807, 2.05) is 21.9 Å². The maximum atomic E-state index is 12.7. The molecule has 2 amide bonds. The van der Waals surface area contributed by atoms with Gasteiger partial charge >= 0.3 is 0 Å². The number of piperazine rings is 1. The van der Waals surface area contributed by atoms with E-state index in [1.54, 1.807) is 13.3 Å². The van der Waals surface area contributed by atoms with E-state index in [0.29, 0.717) is 31.8 Å². The first-order valence-corrected chi connectivity index (χ1v) is 8.96. The number of methoxy groups -OCH3 is 1. The number of amides is 2. The molecule has 0 unspecified atom stereocenters. The number of likely N-dealkylation sites (N-methyl/N-ethyl adjacent to an activating group) is 1. The zero-order valence-corrected chi connectivity index (χ0v) is 15.2. The summed E-state index contributed by atoms with van der Waals surface area (Å²) in [5.41, 5.74) is 0.504. The van der Waals surface area contributed by atoms with Crippen LogP contribution < -0.4 is 0 Å². The minimum Gasteiger partial charge on any atom is -0.383 e. The Hall–Kier alpha value is -1.86. The second kappa shape index (κ2) is 7.58. The van der Waals surface area contributed by atoms with Gasteiger partial charge in [-0.1, -0.05) is 0 Å². The van der Waals surface area contributed by atoms with Crippen molar-refractivity contribution < 1.29 is 14.3 Å². The van der Waals surface area contributed by atoms with Crippen LogP contribution in [0.3, 0.4) is 0 Å². The number of rotatable bonds is 4. The number of H-pyrrole nitrogens is 1. The van der Waals surface area contributed by atoms with Gasteiger partial charge in [-0.2, -0.15) is 0 Å². The Balaban J connectivity index is 1.72. The largest absolute Gasteiger partial charge is 0.383 e. The van der Waals surface area contributed by atoms with E-state index >= 15 is 0 Å². The van der Waals surface area contributed by atoms with Gasteiger partial charge in [-0.05, 0) is 32.0 Å². The minimum atomic E-state index is -0.127. The lowest BCUT2D eigenvalue weighted by molar-refractivity contribution is -0.131. The summed E-state index contributed by atoms with van der Waals surface area (Å²) in [5.74, 6) is 0.236. The van der Waals surface area contributed by atoms with Crippen molar-refractivity contribution in [3.05, 3.63) is 24.0 Å². The second-order valence-corrected chi connectivity index (χ2v) is 7.08. The molecule has 1 aromatic rings. The van der Waals surface area contributed by atoms with Gasteiger partial charge in [0.1, 0.15) is 5.69 Å².